The molecule has 0 fully saturated rings. The zero-order chi connectivity index (χ0) is 25.2. The van der Waals surface area contributed by atoms with Gasteiger partial charge < -0.3 is 14.4 Å². The number of nitrogens with zero attached hydrogens (tertiary/aromatic N) is 1. The maximum Gasteiger partial charge on any atom is 0.418 e. The summed E-state index contributed by atoms with van der Waals surface area (Å²) in [5.74, 6) is -5.68. The van der Waals surface area contributed by atoms with Crippen molar-refractivity contribution >= 4 is 46.1 Å². The van der Waals surface area contributed by atoms with Crippen molar-refractivity contribution in [3.05, 3.63) is 56.6 Å². The van der Waals surface area contributed by atoms with Crippen LogP contribution < -0.4 is 0 Å². The zero-order valence-corrected chi connectivity index (χ0v) is 20.9. The second kappa shape index (κ2) is 10.6. The van der Waals surface area contributed by atoms with Crippen LogP contribution in [0.4, 0.5) is 22.0 Å². The molecule has 0 bridgehead atoms. The first-order valence-corrected chi connectivity index (χ1v) is 11.4. The van der Waals surface area contributed by atoms with E-state index in [4.69, 9.17) is 16.3 Å². The molecule has 0 aromatic heterocycles. The molecule has 0 amide bonds. The fourth-order valence-electron chi connectivity index (χ4n) is 3.56. The molecule has 2 atom stereocenters. The van der Waals surface area contributed by atoms with E-state index in [-0.39, 0.29) is 11.4 Å². The monoisotopic (exact) mass is 607 g/mol. The lowest BCUT2D eigenvalue weighted by Crippen LogP contribution is -2.36. The van der Waals surface area contributed by atoms with Crippen molar-refractivity contribution in [2.75, 3.05) is 25.3 Å². The average molecular weight is 608 g/mol. The molecule has 1 aromatic rings. The molecule has 2 rings (SSSR count). The normalized spacial score (nSPS) is 17.9. The number of rotatable bonds is 6. The van der Waals surface area contributed by atoms with E-state index in [1.807, 2.05) is 22.6 Å². The SMILES string of the molecule is COC(=O)C1=C(CF)N(C)C(C)=C(C(=O)OC(C)CI)C1c1c(F)ccc(Cl)c1C(F)(F)F. The van der Waals surface area contributed by atoms with Gasteiger partial charge in [0.25, 0.3) is 0 Å². The Balaban J connectivity index is 3.02. The second-order valence-corrected chi connectivity index (χ2v) is 8.45. The number of carbonyl (C=O) groups is 2. The predicted octanol–water partition coefficient (Wildman–Crippen LogP) is 5.56. The topological polar surface area (TPSA) is 55.8 Å². The Morgan fingerprint density at radius 2 is 1.85 bits per heavy atom. The van der Waals surface area contributed by atoms with Gasteiger partial charge in [0.15, 0.2) is 0 Å². The van der Waals surface area contributed by atoms with E-state index in [1.165, 1.54) is 14.0 Å². The predicted molar refractivity (Wildman–Crippen MR) is 119 cm³/mol. The number of ether oxygens (including phenoxy) is 2. The van der Waals surface area contributed by atoms with Crippen LogP contribution in [0.1, 0.15) is 30.9 Å². The minimum atomic E-state index is -5.16. The summed E-state index contributed by atoms with van der Waals surface area (Å²) in [6.45, 7) is 1.58. The number of carbonyl (C=O) groups excluding carboxylic acids is 2. The van der Waals surface area contributed by atoms with Crippen molar-refractivity contribution < 1.29 is 41.0 Å². The van der Waals surface area contributed by atoms with Crippen LogP contribution >= 0.6 is 34.2 Å². The highest BCUT2D eigenvalue weighted by Crippen LogP contribution is 2.49. The molecule has 1 heterocycles. The lowest BCUT2D eigenvalue weighted by atomic mass is 9.77. The molecule has 2 unspecified atom stereocenters. The van der Waals surface area contributed by atoms with Crippen LogP contribution in [-0.4, -0.2) is 48.2 Å². The number of hydrogen-bond acceptors (Lipinski definition) is 5. The van der Waals surface area contributed by atoms with Crippen molar-refractivity contribution in [2.45, 2.75) is 32.0 Å². The fraction of sp³-hybridized carbons (Fsp3) is 0.429. The number of halogens is 7. The van der Waals surface area contributed by atoms with Crippen LogP contribution in [0.5, 0.6) is 0 Å². The van der Waals surface area contributed by atoms with Gasteiger partial charge in [0.1, 0.15) is 18.6 Å². The van der Waals surface area contributed by atoms with E-state index in [2.05, 4.69) is 4.74 Å². The molecule has 5 nitrogen and oxygen atoms in total. The Labute approximate surface area is 205 Å². The molecular weight excluding hydrogens is 588 g/mol. The Kier molecular flexibility index (Phi) is 8.77. The summed E-state index contributed by atoms with van der Waals surface area (Å²) in [6.07, 6.45) is -5.81. The molecule has 0 saturated heterocycles. The molecule has 182 valence electrons. The third kappa shape index (κ3) is 5.28. The summed E-state index contributed by atoms with van der Waals surface area (Å²) in [6, 6.07) is 1.39. The number of esters is 2. The van der Waals surface area contributed by atoms with Crippen molar-refractivity contribution in [2.24, 2.45) is 0 Å². The van der Waals surface area contributed by atoms with Crippen LogP contribution in [-0.2, 0) is 25.2 Å². The van der Waals surface area contributed by atoms with E-state index < -0.39 is 69.9 Å². The molecule has 0 aliphatic carbocycles. The van der Waals surface area contributed by atoms with Crippen molar-refractivity contribution in [1.82, 2.24) is 4.90 Å². The van der Waals surface area contributed by atoms with Gasteiger partial charge in [-0.15, -0.1) is 0 Å². The molecule has 0 N–H and O–H groups in total. The molecule has 33 heavy (non-hydrogen) atoms. The van der Waals surface area contributed by atoms with Gasteiger partial charge in [-0.1, -0.05) is 34.2 Å². The van der Waals surface area contributed by atoms with Crippen molar-refractivity contribution in [3.8, 4) is 0 Å². The van der Waals surface area contributed by atoms with Gasteiger partial charge in [0, 0.05) is 22.7 Å². The number of allylic oxidation sites excluding steroid dienone is 2. The van der Waals surface area contributed by atoms with Gasteiger partial charge in [-0.25, -0.2) is 18.4 Å². The Morgan fingerprint density at radius 3 is 2.33 bits per heavy atom. The highest BCUT2D eigenvalue weighted by Gasteiger charge is 2.47. The van der Waals surface area contributed by atoms with Gasteiger partial charge in [-0.3, -0.25) is 0 Å². The Bertz CT molecular complexity index is 1020. The Hall–Kier alpha value is -1.89. The van der Waals surface area contributed by atoms with Crippen LogP contribution in [0.15, 0.2) is 34.7 Å². The summed E-state index contributed by atoms with van der Waals surface area (Å²) in [5, 5.41) is -0.852. The largest absolute Gasteiger partial charge is 0.466 e. The maximum absolute atomic E-state index is 15.1. The molecule has 1 aliphatic heterocycles. The van der Waals surface area contributed by atoms with E-state index in [0.29, 0.717) is 16.6 Å². The van der Waals surface area contributed by atoms with Gasteiger partial charge >= 0.3 is 18.1 Å². The lowest BCUT2D eigenvalue weighted by Gasteiger charge is -2.37. The summed E-state index contributed by atoms with van der Waals surface area (Å²) in [7, 11) is 2.25. The Morgan fingerprint density at radius 1 is 1.24 bits per heavy atom. The molecule has 0 spiro atoms. The van der Waals surface area contributed by atoms with Crippen molar-refractivity contribution in [1.29, 1.82) is 0 Å². The van der Waals surface area contributed by atoms with Crippen LogP contribution in [0.3, 0.4) is 0 Å². The number of alkyl halides is 5. The smallest absolute Gasteiger partial charge is 0.418 e. The summed E-state index contributed by atoms with van der Waals surface area (Å²) >= 11 is 7.74. The summed E-state index contributed by atoms with van der Waals surface area (Å²) in [4.78, 5) is 26.9. The standard InChI is InChI=1S/C21H20ClF5INO4/c1-9(8-28)33-20(31)14-10(2)29(3)13(7-23)16(19(30)32-4)17(14)15-12(24)6-5-11(22)18(15)21(25,26)27/h5-6,9,17H,7-8H2,1-4H3. The van der Waals surface area contributed by atoms with Gasteiger partial charge in [-0.05, 0) is 26.0 Å². The van der Waals surface area contributed by atoms with Crippen LogP contribution in [0.25, 0.3) is 0 Å². The first-order chi connectivity index (χ1) is 15.3. The highest BCUT2D eigenvalue weighted by molar-refractivity contribution is 14.1. The number of hydrogen-bond donors (Lipinski definition) is 0. The molecule has 1 aromatic carbocycles. The molecular formula is C21H20ClF5INO4. The first-order valence-electron chi connectivity index (χ1n) is 9.45. The molecule has 12 heteroatoms. The van der Waals surface area contributed by atoms with Gasteiger partial charge in [0.2, 0.25) is 0 Å². The minimum absolute atomic E-state index is 0.0153. The number of methoxy groups -OCH3 is 1. The summed E-state index contributed by atoms with van der Waals surface area (Å²) < 4.78 is 81.5. The fourth-order valence-corrected chi connectivity index (χ4v) is 4.01. The first kappa shape index (κ1) is 27.4. The quantitative estimate of drug-likeness (QED) is 0.183. The van der Waals surface area contributed by atoms with Crippen LogP contribution in [0, 0.1) is 5.82 Å². The second-order valence-electron chi connectivity index (χ2n) is 7.16. The zero-order valence-electron chi connectivity index (χ0n) is 17.9. The lowest BCUT2D eigenvalue weighted by molar-refractivity contribution is -0.144. The molecule has 1 aliphatic rings. The third-order valence-corrected chi connectivity index (χ3v) is 6.73. The maximum atomic E-state index is 15.1. The van der Waals surface area contributed by atoms with E-state index >= 15 is 4.39 Å². The van der Waals surface area contributed by atoms with E-state index in [0.717, 1.165) is 12.0 Å². The van der Waals surface area contributed by atoms with Crippen molar-refractivity contribution in [3.63, 3.8) is 0 Å². The van der Waals surface area contributed by atoms with E-state index in [9.17, 15) is 27.2 Å². The van der Waals surface area contributed by atoms with Crippen LogP contribution in [0.2, 0.25) is 5.02 Å². The third-order valence-electron chi connectivity index (χ3n) is 5.18. The van der Waals surface area contributed by atoms with Gasteiger partial charge in [0.05, 0.1) is 40.5 Å². The molecule has 0 radical (unpaired) electrons. The van der Waals surface area contributed by atoms with E-state index in [1.54, 1.807) is 6.92 Å². The highest BCUT2D eigenvalue weighted by atomic mass is 127. The minimum Gasteiger partial charge on any atom is -0.466 e. The summed E-state index contributed by atoms with van der Waals surface area (Å²) in [5.41, 5.74) is -4.19. The molecule has 0 saturated carbocycles. The van der Waals surface area contributed by atoms with Gasteiger partial charge in [-0.2, -0.15) is 13.2 Å². The number of benzene rings is 1. The average Bonchev–Trinajstić information content (AvgIpc) is 2.74.